The maximum atomic E-state index is 10.8. The second kappa shape index (κ2) is 11.8. The number of hydrogen-bond donors (Lipinski definition) is 3. The summed E-state index contributed by atoms with van der Waals surface area (Å²) >= 11 is 0. The molecule has 102 valence electrons. The van der Waals surface area contributed by atoms with Crippen molar-refractivity contribution in [1.29, 1.82) is 0 Å². The van der Waals surface area contributed by atoms with Gasteiger partial charge in [0.2, 0.25) is 5.91 Å². The highest BCUT2D eigenvalue weighted by atomic mass is 16.2. The maximum absolute atomic E-state index is 10.8. The summed E-state index contributed by atoms with van der Waals surface area (Å²) in [4.78, 5) is 10.8. The summed E-state index contributed by atoms with van der Waals surface area (Å²) in [6.45, 7) is 0.980. The molecule has 1 amide bonds. The molecule has 0 unspecified atom stereocenters. The monoisotopic (exact) mass is 244 g/mol. The van der Waals surface area contributed by atoms with Crippen LogP contribution in [-0.2, 0) is 4.79 Å². The molecule has 0 saturated carbocycles. The first-order valence-corrected chi connectivity index (χ1v) is 6.62. The van der Waals surface area contributed by atoms with Crippen LogP contribution in [-0.4, -0.2) is 24.5 Å². The highest BCUT2D eigenvalue weighted by Gasteiger charge is 1.97. The summed E-state index contributed by atoms with van der Waals surface area (Å²) in [6.07, 6.45) is 10.1. The van der Waals surface area contributed by atoms with Crippen molar-refractivity contribution in [3.63, 3.8) is 0 Å². The van der Waals surface area contributed by atoms with Crippen LogP contribution in [0.2, 0.25) is 0 Å². The molecule has 0 saturated heterocycles. The van der Waals surface area contributed by atoms with Crippen molar-refractivity contribution >= 4 is 5.91 Å². The van der Waals surface area contributed by atoms with Gasteiger partial charge in [0.15, 0.2) is 0 Å². The summed E-state index contributed by atoms with van der Waals surface area (Å²) in [5.74, 6) is 10.4. The minimum atomic E-state index is -0.0593. The van der Waals surface area contributed by atoms with E-state index >= 15 is 0 Å². The lowest BCUT2D eigenvalue weighted by Gasteiger charge is -2.08. The number of unbranched alkanes of at least 4 members (excludes halogenated alkanes) is 7. The predicted octanol–water partition coefficient (Wildman–Crippen LogP) is 1.29. The Hall–Kier alpha value is -0.650. The molecule has 0 heterocycles. The Morgan fingerprint density at radius 1 is 1.00 bits per heavy atom. The molecule has 0 bridgehead atoms. The van der Waals surface area contributed by atoms with Crippen LogP contribution in [0.25, 0.3) is 0 Å². The van der Waals surface area contributed by atoms with Gasteiger partial charge < -0.3 is 0 Å². The van der Waals surface area contributed by atoms with Crippen LogP contribution in [0.5, 0.6) is 0 Å². The van der Waals surface area contributed by atoms with Crippen molar-refractivity contribution in [1.82, 2.24) is 10.4 Å². The average molecular weight is 244 g/mol. The molecule has 0 aliphatic heterocycles. The van der Waals surface area contributed by atoms with E-state index in [2.05, 4.69) is 5.43 Å². The molecular weight excluding hydrogens is 216 g/mol. The third-order valence-electron chi connectivity index (χ3n) is 2.83. The number of nitrogens with zero attached hydrogens (tertiary/aromatic N) is 1. The van der Waals surface area contributed by atoms with E-state index < -0.39 is 0 Å². The fraction of sp³-hybridized carbons (Fsp3) is 0.917. The van der Waals surface area contributed by atoms with Crippen LogP contribution in [0.15, 0.2) is 0 Å². The highest BCUT2D eigenvalue weighted by Crippen LogP contribution is 2.09. The van der Waals surface area contributed by atoms with Crippen LogP contribution >= 0.6 is 0 Å². The third kappa shape index (κ3) is 13.3. The first kappa shape index (κ1) is 16.4. The Morgan fingerprint density at radius 3 is 1.94 bits per heavy atom. The summed E-state index contributed by atoms with van der Waals surface area (Å²) in [6, 6.07) is 0. The Labute approximate surface area is 105 Å². The maximum Gasteiger partial charge on any atom is 0.233 e. The molecule has 0 spiro atoms. The number of rotatable bonds is 11. The number of hydrazine groups is 2. The van der Waals surface area contributed by atoms with E-state index in [9.17, 15) is 4.79 Å². The minimum absolute atomic E-state index is 0.0593. The van der Waals surface area contributed by atoms with Crippen molar-refractivity contribution in [2.24, 2.45) is 11.7 Å². The van der Waals surface area contributed by atoms with Gasteiger partial charge in [-0.15, -0.1) is 0 Å². The van der Waals surface area contributed by atoms with Gasteiger partial charge in [-0.2, -0.15) is 0 Å². The topological polar surface area (TPSA) is 84.4 Å². The molecule has 5 N–H and O–H groups in total. The van der Waals surface area contributed by atoms with Gasteiger partial charge in [0.1, 0.15) is 0 Å². The van der Waals surface area contributed by atoms with Crippen LogP contribution in [0.1, 0.15) is 57.8 Å². The summed E-state index contributed by atoms with van der Waals surface area (Å²) < 4.78 is 0. The lowest BCUT2D eigenvalue weighted by Crippen LogP contribution is -2.29. The van der Waals surface area contributed by atoms with Crippen molar-refractivity contribution in [2.45, 2.75) is 57.8 Å². The van der Waals surface area contributed by atoms with E-state index in [1.165, 1.54) is 38.5 Å². The number of nitrogens with two attached hydrogens (primary N) is 2. The normalized spacial score (nSPS) is 10.8. The van der Waals surface area contributed by atoms with Gasteiger partial charge >= 0.3 is 0 Å². The number of carbonyl (C=O) groups excluding carboxylic acids is 1. The smallest absolute Gasteiger partial charge is 0.233 e. The van der Waals surface area contributed by atoms with E-state index in [4.69, 9.17) is 11.7 Å². The van der Waals surface area contributed by atoms with Crippen LogP contribution in [0, 0.1) is 0 Å². The summed E-state index contributed by atoms with van der Waals surface area (Å²) in [5, 5.41) is 1.74. The van der Waals surface area contributed by atoms with Crippen LogP contribution in [0.4, 0.5) is 0 Å². The van der Waals surface area contributed by atoms with Gasteiger partial charge in [-0.3, -0.25) is 21.1 Å². The molecular formula is C12H28N4O. The lowest BCUT2D eigenvalue weighted by atomic mass is 10.1. The van der Waals surface area contributed by atoms with E-state index in [-0.39, 0.29) is 5.91 Å². The zero-order chi connectivity index (χ0) is 12.9. The lowest BCUT2D eigenvalue weighted by molar-refractivity contribution is -0.121. The molecule has 0 rings (SSSR count). The Balaban J connectivity index is 3.01. The number of carbonyl (C=O) groups is 1. The average Bonchev–Trinajstić information content (AvgIpc) is 2.30. The number of amides is 1. The molecule has 0 atom stereocenters. The molecule has 0 fully saturated rings. The minimum Gasteiger partial charge on any atom is -0.294 e. The summed E-state index contributed by atoms with van der Waals surface area (Å²) in [7, 11) is 1.90. The van der Waals surface area contributed by atoms with Crippen molar-refractivity contribution in [2.75, 3.05) is 13.6 Å². The number of nitrogens with one attached hydrogen (secondary N) is 1. The van der Waals surface area contributed by atoms with Gasteiger partial charge in [0.05, 0.1) is 0 Å². The molecule has 17 heavy (non-hydrogen) atoms. The van der Waals surface area contributed by atoms with Gasteiger partial charge in [0, 0.05) is 20.0 Å². The van der Waals surface area contributed by atoms with E-state index in [1.807, 2.05) is 7.05 Å². The fourth-order valence-corrected chi connectivity index (χ4v) is 1.78. The zero-order valence-corrected chi connectivity index (χ0v) is 11.1. The molecule has 0 aliphatic rings. The number of hydrogen-bond acceptors (Lipinski definition) is 4. The van der Waals surface area contributed by atoms with Crippen LogP contribution in [0.3, 0.4) is 0 Å². The largest absolute Gasteiger partial charge is 0.294 e. The molecule has 5 heteroatoms. The van der Waals surface area contributed by atoms with Crippen molar-refractivity contribution < 1.29 is 4.79 Å². The molecule has 0 aliphatic carbocycles. The third-order valence-corrected chi connectivity index (χ3v) is 2.83. The molecule has 5 nitrogen and oxygen atoms in total. The van der Waals surface area contributed by atoms with Gasteiger partial charge in [-0.05, 0) is 12.8 Å². The quantitative estimate of drug-likeness (QED) is 0.221. The molecule has 0 aromatic heterocycles. The van der Waals surface area contributed by atoms with Crippen molar-refractivity contribution in [3.8, 4) is 0 Å². The second-order valence-corrected chi connectivity index (χ2v) is 4.63. The van der Waals surface area contributed by atoms with E-state index in [0.717, 1.165) is 19.4 Å². The summed E-state index contributed by atoms with van der Waals surface area (Å²) in [5.41, 5.74) is 2.15. The van der Waals surface area contributed by atoms with E-state index in [0.29, 0.717) is 6.42 Å². The Kier molecular flexibility index (Phi) is 11.4. The van der Waals surface area contributed by atoms with Crippen molar-refractivity contribution in [3.05, 3.63) is 0 Å². The highest BCUT2D eigenvalue weighted by molar-refractivity contribution is 5.74. The Bertz CT molecular complexity index is 185. The standard InChI is InChI=1S/C12H28N4O/c1-16(14)11-9-7-5-3-2-4-6-8-10-12(17)15-13/h2-11,13-14H2,1H3,(H,15,17). The first-order valence-electron chi connectivity index (χ1n) is 6.62. The molecule has 0 radical (unpaired) electrons. The van der Waals surface area contributed by atoms with Gasteiger partial charge in [-0.25, -0.2) is 5.84 Å². The first-order chi connectivity index (χ1) is 8.16. The van der Waals surface area contributed by atoms with Crippen LogP contribution < -0.4 is 17.1 Å². The Morgan fingerprint density at radius 2 is 1.47 bits per heavy atom. The fourth-order valence-electron chi connectivity index (χ4n) is 1.78. The SMILES string of the molecule is CN(N)CCCCCCCCCCC(=O)NN. The van der Waals surface area contributed by atoms with E-state index in [1.54, 1.807) is 5.01 Å². The predicted molar refractivity (Wildman–Crippen MR) is 70.7 cm³/mol. The van der Waals surface area contributed by atoms with Gasteiger partial charge in [-0.1, -0.05) is 38.5 Å². The molecule has 0 aromatic carbocycles. The zero-order valence-electron chi connectivity index (χ0n) is 11.1. The molecule has 0 aromatic rings. The van der Waals surface area contributed by atoms with Gasteiger partial charge in [0.25, 0.3) is 0 Å². The second-order valence-electron chi connectivity index (χ2n) is 4.63.